The van der Waals surface area contributed by atoms with Crippen molar-refractivity contribution in [2.45, 2.75) is 139 Å². The van der Waals surface area contributed by atoms with E-state index in [1.54, 1.807) is 16.9 Å². The smallest absolute Gasteiger partial charge is 0.254 e. The molecule has 0 saturated heterocycles. The Kier molecular flexibility index (Phi) is 14.8. The molecule has 336 valence electrons. The first kappa shape index (κ1) is 46.4. The molecule has 0 bridgehead atoms. The highest BCUT2D eigenvalue weighted by Gasteiger charge is 2.40. The molecule has 4 heterocycles. The maximum Gasteiger partial charge on any atom is 0.254 e. The number of aromatic nitrogens is 8. The van der Waals surface area contributed by atoms with Gasteiger partial charge in [-0.2, -0.15) is 30.1 Å². The van der Waals surface area contributed by atoms with Crippen molar-refractivity contribution in [1.29, 1.82) is 0 Å². The average Bonchev–Trinajstić information content (AvgIpc) is 3.81. The summed E-state index contributed by atoms with van der Waals surface area (Å²) in [5.74, 6) is -2.40. The Bertz CT molecular complexity index is 2000. The molecule has 5 N–H and O–H groups in total. The van der Waals surface area contributed by atoms with Crippen LogP contribution in [0.4, 0.5) is 35.0 Å². The summed E-state index contributed by atoms with van der Waals surface area (Å²) in [6.07, 6.45) is 12.4. The van der Waals surface area contributed by atoms with E-state index >= 15 is 0 Å². The van der Waals surface area contributed by atoms with E-state index in [1.807, 2.05) is 38.2 Å². The molecule has 4 fully saturated rings. The summed E-state index contributed by atoms with van der Waals surface area (Å²) < 4.78 is 56.6. The first-order chi connectivity index (χ1) is 28.9. The van der Waals surface area contributed by atoms with Crippen molar-refractivity contribution in [2.75, 3.05) is 57.2 Å². The van der Waals surface area contributed by atoms with Crippen LogP contribution in [0.25, 0.3) is 11.9 Å². The molecule has 0 aliphatic heterocycles. The number of nitrogens with one attached hydrogen (secondary N) is 3. The molecule has 4 aliphatic carbocycles. The molecule has 14 nitrogen and oxygen atoms in total. The molecular formula is C42H63ClF4N14. The highest BCUT2D eigenvalue weighted by atomic mass is 35.5. The zero-order valence-corrected chi connectivity index (χ0v) is 37.1. The Morgan fingerprint density at radius 1 is 0.656 bits per heavy atom. The first-order valence-electron chi connectivity index (χ1n) is 21.4. The number of alkyl halides is 4. The zero-order valence-electron chi connectivity index (χ0n) is 36.4. The average molecular weight is 876 g/mol. The van der Waals surface area contributed by atoms with E-state index in [1.165, 1.54) is 30.4 Å². The number of anilines is 3. The highest BCUT2D eigenvalue weighted by Crippen LogP contribution is 2.38. The van der Waals surface area contributed by atoms with Crippen molar-refractivity contribution in [3.8, 4) is 11.9 Å². The molecule has 19 heteroatoms. The van der Waals surface area contributed by atoms with Gasteiger partial charge in [-0.25, -0.2) is 26.9 Å². The summed E-state index contributed by atoms with van der Waals surface area (Å²) in [6.45, 7) is 5.39. The minimum absolute atomic E-state index is 0.0145. The van der Waals surface area contributed by atoms with Crippen LogP contribution >= 0.6 is 11.6 Å². The molecule has 0 radical (unpaired) electrons. The minimum atomic E-state index is -2.54. The van der Waals surface area contributed by atoms with E-state index in [0.717, 1.165) is 37.3 Å². The fourth-order valence-electron chi connectivity index (χ4n) is 8.16. The minimum Gasteiger partial charge on any atom is -0.368 e. The Balaban J connectivity index is 0.000000175. The predicted octanol–water partition coefficient (Wildman–Crippen LogP) is 7.90. The van der Waals surface area contributed by atoms with Gasteiger partial charge < -0.3 is 31.5 Å². The quantitative estimate of drug-likeness (QED) is 0.0808. The lowest BCUT2D eigenvalue weighted by molar-refractivity contribution is -0.0366. The van der Waals surface area contributed by atoms with Gasteiger partial charge in [-0.1, -0.05) is 11.6 Å². The summed E-state index contributed by atoms with van der Waals surface area (Å²) in [5.41, 5.74) is 7.87. The molecule has 0 atom stereocenters. The van der Waals surface area contributed by atoms with Crippen molar-refractivity contribution >= 4 is 29.1 Å². The molecule has 0 aromatic carbocycles. The molecule has 4 aromatic rings. The van der Waals surface area contributed by atoms with Crippen LogP contribution in [0.1, 0.15) is 101 Å². The van der Waals surface area contributed by atoms with Crippen LogP contribution in [0, 0.1) is 13.8 Å². The number of nitrogens with two attached hydrogens (primary N) is 1. The number of nitrogens with zero attached hydrogens (tertiary/aromatic N) is 10. The number of hydrogen-bond acceptors (Lipinski definition) is 12. The van der Waals surface area contributed by atoms with Crippen molar-refractivity contribution in [3.05, 3.63) is 53.2 Å². The number of rotatable bonds is 12. The number of likely N-dealkylation sites (N-methyl/N-ethyl adjacent to an activating group) is 2. The molecule has 61 heavy (non-hydrogen) atoms. The SMILES string of the molecule is CN(C)C1(CN)CCC1.Cc1ccn(-c2nc(Cl)cc(NC3CCC(F)(F)CC3)n2)n1.Cc1ccn(-c2nc(NCC3(N(C)C)CCC3)cc(NC3CCC(F)(F)CC3)n2)n1. The van der Waals surface area contributed by atoms with Gasteiger partial charge in [0.25, 0.3) is 11.9 Å². The van der Waals surface area contributed by atoms with E-state index in [2.05, 4.69) is 84.1 Å². The van der Waals surface area contributed by atoms with Gasteiger partial charge in [-0.3, -0.25) is 0 Å². The Morgan fingerprint density at radius 3 is 1.44 bits per heavy atom. The van der Waals surface area contributed by atoms with Gasteiger partial charge in [0.05, 0.1) is 11.4 Å². The van der Waals surface area contributed by atoms with E-state index in [-0.39, 0.29) is 48.5 Å². The van der Waals surface area contributed by atoms with Crippen LogP contribution in [-0.2, 0) is 0 Å². The summed E-state index contributed by atoms with van der Waals surface area (Å²) in [4.78, 5) is 22.3. The van der Waals surface area contributed by atoms with Crippen LogP contribution in [0.5, 0.6) is 0 Å². The van der Waals surface area contributed by atoms with Crippen LogP contribution in [-0.4, -0.2) is 126 Å². The first-order valence-corrected chi connectivity index (χ1v) is 21.8. The lowest BCUT2D eigenvalue weighted by Gasteiger charge is -2.47. The van der Waals surface area contributed by atoms with Crippen molar-refractivity contribution in [3.63, 3.8) is 0 Å². The third-order valence-corrected chi connectivity index (χ3v) is 13.0. The molecule has 4 aliphatic rings. The van der Waals surface area contributed by atoms with Gasteiger partial charge in [0.15, 0.2) is 0 Å². The van der Waals surface area contributed by atoms with Gasteiger partial charge in [0.1, 0.15) is 22.6 Å². The standard InChI is InChI=1S/C21H31F2N7.C14H16ClF2N5.C7H16N2/c1-15-7-12-30(28-15)19-26-17(24-14-20(29(2)3)8-4-9-20)13-18(27-19)25-16-5-10-21(22,23)11-6-16;1-9-4-7-22(21-9)13-19-11(15)8-12(20-13)18-10-2-5-14(16,17)6-3-10;1-9(2)7(6-8)4-3-5-7/h7,12-13,16H,4-6,8-11,14H2,1-3H3,(H2,24,25,26,27);4,7-8,10H,2-3,5-6H2,1H3,(H,18,19,20);3-6,8H2,1-2H3. The van der Waals surface area contributed by atoms with Crippen molar-refractivity contribution in [1.82, 2.24) is 49.3 Å². The van der Waals surface area contributed by atoms with E-state index in [4.69, 9.17) is 17.3 Å². The monoisotopic (exact) mass is 874 g/mol. The summed E-state index contributed by atoms with van der Waals surface area (Å²) in [6, 6.07) is 7.15. The number of halogens is 5. The number of hydrogen-bond donors (Lipinski definition) is 4. The fraction of sp³-hybridized carbons (Fsp3) is 0.667. The summed E-state index contributed by atoms with van der Waals surface area (Å²) >= 11 is 6.02. The molecule has 0 spiro atoms. The van der Waals surface area contributed by atoms with Gasteiger partial charge in [-0.05, 0) is 118 Å². The van der Waals surface area contributed by atoms with Crippen LogP contribution < -0.4 is 21.7 Å². The second-order valence-electron chi connectivity index (χ2n) is 17.7. The third kappa shape index (κ3) is 12.3. The maximum absolute atomic E-state index is 13.5. The highest BCUT2D eigenvalue weighted by molar-refractivity contribution is 6.29. The molecule has 8 rings (SSSR count). The Hall–Kier alpha value is -4.13. The predicted molar refractivity (Wildman–Crippen MR) is 233 cm³/mol. The van der Waals surface area contributed by atoms with Gasteiger partial charge in [0, 0.05) is 86.5 Å². The second-order valence-corrected chi connectivity index (χ2v) is 18.1. The fourth-order valence-corrected chi connectivity index (χ4v) is 8.34. The summed E-state index contributed by atoms with van der Waals surface area (Å²) in [7, 11) is 8.47. The largest absolute Gasteiger partial charge is 0.368 e. The zero-order chi connectivity index (χ0) is 44.0. The number of aryl methyl sites for hydroxylation is 2. The van der Waals surface area contributed by atoms with E-state index < -0.39 is 11.8 Å². The van der Waals surface area contributed by atoms with E-state index in [0.29, 0.717) is 60.6 Å². The van der Waals surface area contributed by atoms with Crippen molar-refractivity contribution < 1.29 is 17.6 Å². The lowest BCUT2D eigenvalue weighted by atomic mass is 9.75. The van der Waals surface area contributed by atoms with Gasteiger partial charge >= 0.3 is 0 Å². The Labute approximate surface area is 361 Å². The maximum atomic E-state index is 13.5. The lowest BCUT2D eigenvalue weighted by Crippen LogP contribution is -2.55. The molecule has 0 unspecified atom stereocenters. The second kappa shape index (κ2) is 19.5. The third-order valence-electron chi connectivity index (χ3n) is 12.8. The molecule has 0 amide bonds. The normalized spacial score (nSPS) is 20.4. The summed E-state index contributed by atoms with van der Waals surface area (Å²) in [5, 5.41) is 18.9. The van der Waals surface area contributed by atoms with Gasteiger partial charge in [-0.15, -0.1) is 0 Å². The van der Waals surface area contributed by atoms with E-state index in [9.17, 15) is 17.6 Å². The molecule has 4 saturated carbocycles. The van der Waals surface area contributed by atoms with Crippen LogP contribution in [0.3, 0.4) is 0 Å². The van der Waals surface area contributed by atoms with Crippen molar-refractivity contribution in [2.24, 2.45) is 5.73 Å². The molecular weight excluding hydrogens is 812 g/mol. The van der Waals surface area contributed by atoms with Crippen LogP contribution in [0.2, 0.25) is 5.15 Å². The van der Waals surface area contributed by atoms with Gasteiger partial charge in [0.2, 0.25) is 11.8 Å². The molecule has 4 aromatic heterocycles. The topological polar surface area (TPSA) is 156 Å². The van der Waals surface area contributed by atoms with Crippen LogP contribution in [0.15, 0.2) is 36.7 Å². The Morgan fingerprint density at radius 2 is 1.08 bits per heavy atom.